The predicted octanol–water partition coefficient (Wildman–Crippen LogP) is 3.80. The van der Waals surface area contributed by atoms with Gasteiger partial charge in [-0.25, -0.2) is 9.37 Å². The van der Waals surface area contributed by atoms with E-state index in [2.05, 4.69) is 26.2 Å². The molecular formula is C12H6BrClFN3O3. The number of carbonyl (C=O) groups is 1. The Labute approximate surface area is 131 Å². The first-order valence-electron chi connectivity index (χ1n) is 5.46. The standard InChI is InChI=1S/C12H6BrClFN3O3/c13-7-3-1-2-6(10(7)15)12(19)17-11-8(18(20)21)4-5-9(14)16-11/h1-5H,(H,16,17,19). The molecule has 1 aromatic carbocycles. The second-order valence-electron chi connectivity index (χ2n) is 3.81. The summed E-state index contributed by atoms with van der Waals surface area (Å²) in [5.41, 5.74) is -0.719. The third-order valence-corrected chi connectivity index (χ3v) is 3.29. The van der Waals surface area contributed by atoms with Gasteiger partial charge in [0.2, 0.25) is 5.82 Å². The van der Waals surface area contributed by atoms with Crippen LogP contribution in [0.5, 0.6) is 0 Å². The molecule has 0 saturated carbocycles. The Morgan fingerprint density at radius 3 is 2.76 bits per heavy atom. The molecule has 9 heteroatoms. The van der Waals surface area contributed by atoms with E-state index in [9.17, 15) is 19.3 Å². The van der Waals surface area contributed by atoms with E-state index in [0.717, 1.165) is 6.07 Å². The van der Waals surface area contributed by atoms with Crippen molar-refractivity contribution in [2.24, 2.45) is 0 Å². The summed E-state index contributed by atoms with van der Waals surface area (Å²) in [4.78, 5) is 25.8. The third-order valence-electron chi connectivity index (χ3n) is 2.46. The largest absolute Gasteiger partial charge is 0.311 e. The van der Waals surface area contributed by atoms with Crippen molar-refractivity contribution in [2.75, 3.05) is 5.32 Å². The molecule has 1 heterocycles. The lowest BCUT2D eigenvalue weighted by atomic mass is 10.2. The Bertz CT molecular complexity index is 742. The molecule has 0 aliphatic carbocycles. The van der Waals surface area contributed by atoms with Gasteiger partial charge < -0.3 is 5.32 Å². The van der Waals surface area contributed by atoms with Gasteiger partial charge in [0.1, 0.15) is 11.0 Å². The number of hydrogen-bond donors (Lipinski definition) is 1. The molecule has 21 heavy (non-hydrogen) atoms. The minimum Gasteiger partial charge on any atom is -0.301 e. The lowest BCUT2D eigenvalue weighted by Gasteiger charge is -2.07. The fourth-order valence-electron chi connectivity index (χ4n) is 1.52. The number of nitro groups is 1. The van der Waals surface area contributed by atoms with Gasteiger partial charge >= 0.3 is 5.69 Å². The second-order valence-corrected chi connectivity index (χ2v) is 5.06. The van der Waals surface area contributed by atoms with Crippen molar-refractivity contribution >= 4 is 44.9 Å². The summed E-state index contributed by atoms with van der Waals surface area (Å²) in [5, 5.41) is 13.0. The maximum atomic E-state index is 13.8. The van der Waals surface area contributed by atoms with Crippen LogP contribution in [-0.4, -0.2) is 15.8 Å². The summed E-state index contributed by atoms with van der Waals surface area (Å²) in [6, 6.07) is 6.44. The summed E-state index contributed by atoms with van der Waals surface area (Å²) in [6.07, 6.45) is 0. The molecule has 0 atom stereocenters. The van der Waals surface area contributed by atoms with E-state index in [4.69, 9.17) is 11.6 Å². The average molecular weight is 375 g/mol. The predicted molar refractivity (Wildman–Crippen MR) is 78.0 cm³/mol. The molecule has 1 amide bonds. The molecule has 0 unspecified atom stereocenters. The quantitative estimate of drug-likeness (QED) is 0.503. The fourth-order valence-corrected chi connectivity index (χ4v) is 2.04. The minimum absolute atomic E-state index is 0.0365. The zero-order valence-electron chi connectivity index (χ0n) is 10.1. The van der Waals surface area contributed by atoms with Crippen molar-refractivity contribution in [1.82, 2.24) is 4.98 Å². The van der Waals surface area contributed by atoms with Gasteiger partial charge in [0, 0.05) is 6.07 Å². The van der Waals surface area contributed by atoms with Crippen molar-refractivity contribution in [1.29, 1.82) is 0 Å². The monoisotopic (exact) mass is 373 g/mol. The van der Waals surface area contributed by atoms with Crippen LogP contribution in [0, 0.1) is 15.9 Å². The van der Waals surface area contributed by atoms with Gasteiger partial charge in [0.15, 0.2) is 0 Å². The first kappa shape index (κ1) is 15.3. The molecule has 6 nitrogen and oxygen atoms in total. The molecule has 0 aliphatic heterocycles. The molecule has 0 bridgehead atoms. The van der Waals surface area contributed by atoms with Crippen molar-refractivity contribution in [3.63, 3.8) is 0 Å². The number of amides is 1. The van der Waals surface area contributed by atoms with Gasteiger partial charge in [-0.15, -0.1) is 0 Å². The number of nitrogens with one attached hydrogen (secondary N) is 1. The zero-order chi connectivity index (χ0) is 15.6. The number of aromatic nitrogens is 1. The minimum atomic E-state index is -0.869. The summed E-state index contributed by atoms with van der Waals surface area (Å²) in [6.45, 7) is 0. The van der Waals surface area contributed by atoms with Crippen molar-refractivity contribution < 1.29 is 14.1 Å². The number of nitrogens with zero attached hydrogens (tertiary/aromatic N) is 2. The average Bonchev–Trinajstić information content (AvgIpc) is 2.41. The molecule has 1 N–H and O–H groups in total. The van der Waals surface area contributed by atoms with Crippen LogP contribution in [0.2, 0.25) is 5.15 Å². The number of pyridine rings is 1. The Hall–Kier alpha value is -2.06. The fraction of sp³-hybridized carbons (Fsp3) is 0. The highest BCUT2D eigenvalue weighted by atomic mass is 79.9. The molecule has 2 aromatic rings. The maximum absolute atomic E-state index is 13.8. The van der Waals surface area contributed by atoms with Crippen LogP contribution in [-0.2, 0) is 0 Å². The zero-order valence-corrected chi connectivity index (χ0v) is 12.5. The van der Waals surface area contributed by atoms with Gasteiger partial charge in [-0.05, 0) is 34.1 Å². The first-order chi connectivity index (χ1) is 9.90. The molecule has 2 rings (SSSR count). The van der Waals surface area contributed by atoms with E-state index in [0.29, 0.717) is 0 Å². The lowest BCUT2D eigenvalue weighted by Crippen LogP contribution is -2.16. The molecule has 0 fully saturated rings. The van der Waals surface area contributed by atoms with Crippen LogP contribution in [0.4, 0.5) is 15.9 Å². The number of anilines is 1. The number of hydrogen-bond acceptors (Lipinski definition) is 4. The van der Waals surface area contributed by atoms with E-state index in [1.807, 2.05) is 0 Å². The number of benzene rings is 1. The van der Waals surface area contributed by atoms with E-state index in [1.54, 1.807) is 0 Å². The molecule has 0 radical (unpaired) electrons. The van der Waals surface area contributed by atoms with Crippen LogP contribution >= 0.6 is 27.5 Å². The second kappa shape index (κ2) is 6.15. The Morgan fingerprint density at radius 2 is 2.10 bits per heavy atom. The van der Waals surface area contributed by atoms with E-state index >= 15 is 0 Å². The summed E-state index contributed by atoms with van der Waals surface area (Å²) in [5.74, 6) is -2.00. The molecule has 0 spiro atoms. The number of carbonyl (C=O) groups excluding carboxylic acids is 1. The third kappa shape index (κ3) is 3.34. The van der Waals surface area contributed by atoms with Crippen molar-refractivity contribution in [2.45, 2.75) is 0 Å². The van der Waals surface area contributed by atoms with E-state index < -0.39 is 22.3 Å². The van der Waals surface area contributed by atoms with Crippen LogP contribution in [0.25, 0.3) is 0 Å². The highest BCUT2D eigenvalue weighted by Gasteiger charge is 2.21. The normalized spacial score (nSPS) is 10.2. The van der Waals surface area contributed by atoms with Crippen LogP contribution in [0.15, 0.2) is 34.8 Å². The van der Waals surface area contributed by atoms with Gasteiger partial charge in [-0.2, -0.15) is 0 Å². The highest BCUT2D eigenvalue weighted by Crippen LogP contribution is 2.25. The maximum Gasteiger partial charge on any atom is 0.311 e. The molecule has 0 saturated heterocycles. The Balaban J connectivity index is 2.38. The highest BCUT2D eigenvalue weighted by molar-refractivity contribution is 9.10. The molecular weight excluding hydrogens is 369 g/mol. The topological polar surface area (TPSA) is 85.1 Å². The molecule has 108 valence electrons. The van der Waals surface area contributed by atoms with Gasteiger partial charge in [-0.1, -0.05) is 17.7 Å². The van der Waals surface area contributed by atoms with Gasteiger partial charge in [0.25, 0.3) is 5.91 Å². The Kier molecular flexibility index (Phi) is 4.49. The Morgan fingerprint density at radius 1 is 1.38 bits per heavy atom. The van der Waals surface area contributed by atoms with E-state index in [1.165, 1.54) is 24.3 Å². The number of halogens is 3. The summed E-state index contributed by atoms with van der Waals surface area (Å²) >= 11 is 8.59. The van der Waals surface area contributed by atoms with Crippen LogP contribution in [0.1, 0.15) is 10.4 Å². The van der Waals surface area contributed by atoms with Crippen LogP contribution in [0.3, 0.4) is 0 Å². The van der Waals surface area contributed by atoms with Crippen molar-refractivity contribution in [3.8, 4) is 0 Å². The lowest BCUT2D eigenvalue weighted by molar-refractivity contribution is -0.384. The molecule has 1 aromatic heterocycles. The number of rotatable bonds is 3. The smallest absolute Gasteiger partial charge is 0.301 e. The summed E-state index contributed by atoms with van der Waals surface area (Å²) in [7, 11) is 0. The van der Waals surface area contributed by atoms with Gasteiger partial charge in [-0.3, -0.25) is 14.9 Å². The van der Waals surface area contributed by atoms with Gasteiger partial charge in [0.05, 0.1) is 15.0 Å². The first-order valence-corrected chi connectivity index (χ1v) is 6.63. The van der Waals surface area contributed by atoms with Crippen LogP contribution < -0.4 is 5.32 Å². The summed E-state index contributed by atoms with van der Waals surface area (Å²) < 4.78 is 13.9. The van der Waals surface area contributed by atoms with Crippen molar-refractivity contribution in [3.05, 3.63) is 61.5 Å². The molecule has 0 aliphatic rings. The van der Waals surface area contributed by atoms with E-state index in [-0.39, 0.29) is 21.0 Å². The SMILES string of the molecule is O=C(Nc1nc(Cl)ccc1[N+](=O)[O-])c1cccc(Br)c1F.